The molecule has 4 aromatic carbocycles. The fraction of sp³-hybridized carbons (Fsp3) is 0.268. The number of fused-ring (bicyclic) bond motifs is 2. The number of hydrogen-bond acceptors (Lipinski definition) is 4. The molecule has 256 valence electrons. The molecule has 3 atom stereocenters. The maximum Gasteiger partial charge on any atom is 0.243 e. The van der Waals surface area contributed by atoms with Crippen molar-refractivity contribution < 1.29 is 19.2 Å². The number of aryl methyl sites for hydroxylation is 1. The molecule has 0 unspecified atom stereocenters. The van der Waals surface area contributed by atoms with Crippen LogP contribution in [0.25, 0.3) is 10.9 Å². The highest BCUT2D eigenvalue weighted by molar-refractivity contribution is 5.95. The molecule has 0 saturated heterocycles. The van der Waals surface area contributed by atoms with Crippen molar-refractivity contribution in [2.24, 2.45) is 5.92 Å². The second-order valence-corrected chi connectivity index (χ2v) is 13.0. The van der Waals surface area contributed by atoms with E-state index in [-0.39, 0.29) is 24.2 Å². The van der Waals surface area contributed by atoms with Crippen molar-refractivity contribution in [3.05, 3.63) is 143 Å². The van der Waals surface area contributed by atoms with E-state index in [0.717, 1.165) is 38.7 Å². The summed E-state index contributed by atoms with van der Waals surface area (Å²) in [6.45, 7) is 1.94. The zero-order valence-electron chi connectivity index (χ0n) is 28.2. The van der Waals surface area contributed by atoms with Crippen molar-refractivity contribution >= 4 is 34.5 Å². The quantitative estimate of drug-likeness (QED) is 0.119. The summed E-state index contributed by atoms with van der Waals surface area (Å²) in [4.78, 5) is 57.8. The van der Waals surface area contributed by atoms with Crippen LogP contribution in [0.15, 0.2) is 115 Å². The second-order valence-electron chi connectivity index (χ2n) is 13.0. The van der Waals surface area contributed by atoms with Gasteiger partial charge in [-0.2, -0.15) is 0 Å². The van der Waals surface area contributed by atoms with E-state index in [4.69, 9.17) is 0 Å². The summed E-state index contributed by atoms with van der Waals surface area (Å²) >= 11 is 0. The van der Waals surface area contributed by atoms with Gasteiger partial charge in [0.2, 0.25) is 23.6 Å². The minimum Gasteiger partial charge on any atom is -0.361 e. The Labute approximate surface area is 292 Å². The van der Waals surface area contributed by atoms with Gasteiger partial charge in [0.05, 0.1) is 0 Å². The molecule has 1 aliphatic carbocycles. The SMILES string of the molecule is C[C@H](NC(=O)C1Cc2ccccc2C1)C(=O)N[C@@H](Cc1c[nH]c2ccccc12)C(=O)N[C@@H](CCc1ccccc1)C(=O)NCc1ccccc1. The predicted octanol–water partition coefficient (Wildman–Crippen LogP) is 4.55. The molecule has 9 heteroatoms. The molecule has 0 fully saturated rings. The van der Waals surface area contributed by atoms with Crippen LogP contribution < -0.4 is 21.3 Å². The summed E-state index contributed by atoms with van der Waals surface area (Å²) in [5.74, 6) is -1.73. The minimum absolute atomic E-state index is 0.178. The molecule has 1 aliphatic rings. The third kappa shape index (κ3) is 8.66. The average molecular weight is 670 g/mol. The number of amides is 4. The van der Waals surface area contributed by atoms with Gasteiger partial charge in [-0.25, -0.2) is 0 Å². The number of aromatic amines is 1. The van der Waals surface area contributed by atoms with Crippen LogP contribution >= 0.6 is 0 Å². The van der Waals surface area contributed by atoms with Crippen molar-refractivity contribution in [3.63, 3.8) is 0 Å². The first-order valence-electron chi connectivity index (χ1n) is 17.2. The van der Waals surface area contributed by atoms with Gasteiger partial charge < -0.3 is 26.3 Å². The van der Waals surface area contributed by atoms with Crippen LogP contribution in [-0.2, 0) is 51.4 Å². The monoisotopic (exact) mass is 669 g/mol. The molecule has 5 aromatic rings. The van der Waals surface area contributed by atoms with Gasteiger partial charge in [0.25, 0.3) is 0 Å². The molecular weight excluding hydrogens is 626 g/mol. The second kappa shape index (κ2) is 16.1. The van der Waals surface area contributed by atoms with Crippen molar-refractivity contribution in [1.29, 1.82) is 0 Å². The smallest absolute Gasteiger partial charge is 0.243 e. The Bertz CT molecular complexity index is 1920. The van der Waals surface area contributed by atoms with E-state index in [1.807, 2.05) is 115 Å². The number of rotatable bonds is 14. The van der Waals surface area contributed by atoms with Crippen LogP contribution in [0.5, 0.6) is 0 Å². The number of H-pyrrole nitrogens is 1. The molecule has 0 saturated carbocycles. The highest BCUT2D eigenvalue weighted by Gasteiger charge is 2.32. The Kier molecular flexibility index (Phi) is 11.0. The average Bonchev–Trinajstić information content (AvgIpc) is 3.77. The maximum atomic E-state index is 14.1. The van der Waals surface area contributed by atoms with Crippen LogP contribution in [0.3, 0.4) is 0 Å². The van der Waals surface area contributed by atoms with E-state index in [1.165, 1.54) is 0 Å². The summed E-state index contributed by atoms with van der Waals surface area (Å²) in [7, 11) is 0. The molecule has 1 heterocycles. The van der Waals surface area contributed by atoms with Gasteiger partial charge in [-0.15, -0.1) is 0 Å². The normalized spacial score (nSPS) is 14.3. The summed E-state index contributed by atoms with van der Waals surface area (Å²) in [6.07, 6.45) is 4.19. The van der Waals surface area contributed by atoms with E-state index < -0.39 is 29.9 Å². The zero-order valence-corrected chi connectivity index (χ0v) is 28.2. The maximum absolute atomic E-state index is 14.1. The van der Waals surface area contributed by atoms with Gasteiger partial charge in [0.15, 0.2) is 0 Å². The molecule has 9 nitrogen and oxygen atoms in total. The van der Waals surface area contributed by atoms with Crippen LogP contribution in [0.4, 0.5) is 0 Å². The summed E-state index contributed by atoms with van der Waals surface area (Å²) in [5.41, 5.74) is 6.03. The number of aromatic nitrogens is 1. The molecule has 5 N–H and O–H groups in total. The van der Waals surface area contributed by atoms with Gasteiger partial charge in [0.1, 0.15) is 18.1 Å². The molecule has 6 rings (SSSR count). The van der Waals surface area contributed by atoms with Crippen LogP contribution in [0, 0.1) is 5.92 Å². The Morgan fingerprint density at radius 2 is 1.28 bits per heavy atom. The molecule has 50 heavy (non-hydrogen) atoms. The van der Waals surface area contributed by atoms with Crippen LogP contribution in [0.2, 0.25) is 0 Å². The molecule has 0 aliphatic heterocycles. The van der Waals surface area contributed by atoms with Crippen molar-refractivity contribution in [3.8, 4) is 0 Å². The van der Waals surface area contributed by atoms with E-state index in [2.05, 4.69) is 26.3 Å². The summed E-state index contributed by atoms with van der Waals surface area (Å²) in [6, 6.07) is 32.4. The van der Waals surface area contributed by atoms with Gasteiger partial charge in [-0.3, -0.25) is 19.2 Å². The van der Waals surface area contributed by atoms with Crippen LogP contribution in [-0.4, -0.2) is 46.7 Å². The minimum atomic E-state index is -1.02. The summed E-state index contributed by atoms with van der Waals surface area (Å²) in [5, 5.41) is 12.6. The Morgan fingerprint density at radius 1 is 0.680 bits per heavy atom. The van der Waals surface area contributed by atoms with Crippen molar-refractivity contribution in [2.75, 3.05) is 0 Å². The van der Waals surface area contributed by atoms with Gasteiger partial charge in [0, 0.05) is 36.0 Å². The number of benzene rings is 4. The third-order valence-corrected chi connectivity index (χ3v) is 9.41. The lowest BCUT2D eigenvalue weighted by atomic mass is 10.0. The van der Waals surface area contributed by atoms with Crippen LogP contribution in [0.1, 0.15) is 41.2 Å². The van der Waals surface area contributed by atoms with Gasteiger partial charge >= 0.3 is 0 Å². The fourth-order valence-corrected chi connectivity index (χ4v) is 6.57. The van der Waals surface area contributed by atoms with E-state index in [9.17, 15) is 19.2 Å². The van der Waals surface area contributed by atoms with Gasteiger partial charge in [-0.05, 0) is 66.5 Å². The first kappa shape index (κ1) is 34.2. The Morgan fingerprint density at radius 3 is 1.98 bits per heavy atom. The molecule has 4 amide bonds. The highest BCUT2D eigenvalue weighted by atomic mass is 16.2. The van der Waals surface area contributed by atoms with E-state index in [1.54, 1.807) is 6.92 Å². The van der Waals surface area contributed by atoms with Crippen molar-refractivity contribution in [1.82, 2.24) is 26.3 Å². The predicted molar refractivity (Wildman–Crippen MR) is 194 cm³/mol. The standard InChI is InChI=1S/C41H43N5O4/c1-27(44-39(48)32-22-30-16-8-9-17-31(30)23-32)38(47)46-37(24-33-26-42-35-19-11-10-18-34(33)35)41(50)45-36(21-20-28-12-4-2-5-13-28)40(49)43-25-29-14-6-3-7-15-29/h2-19,26-27,32,36-37,42H,20-25H2,1H3,(H,43,49)(H,44,48)(H,45,50)(H,46,47)/t27-,36-,37-/m0/s1. The lowest BCUT2D eigenvalue weighted by Crippen LogP contribution is -2.57. The molecule has 0 radical (unpaired) electrons. The zero-order chi connectivity index (χ0) is 34.9. The molecule has 0 bridgehead atoms. The first-order chi connectivity index (χ1) is 24.3. The Balaban J connectivity index is 1.17. The number of para-hydroxylation sites is 1. The largest absolute Gasteiger partial charge is 0.361 e. The number of hydrogen-bond donors (Lipinski definition) is 5. The number of carbonyl (C=O) groups is 4. The third-order valence-electron chi connectivity index (χ3n) is 9.41. The van der Waals surface area contributed by atoms with Crippen molar-refractivity contribution in [2.45, 2.75) is 63.7 Å². The highest BCUT2D eigenvalue weighted by Crippen LogP contribution is 2.26. The summed E-state index contributed by atoms with van der Waals surface area (Å²) < 4.78 is 0. The molecule has 1 aromatic heterocycles. The Hall–Kier alpha value is -5.70. The number of carbonyl (C=O) groups excluding carboxylic acids is 4. The molecular formula is C41H43N5O4. The lowest BCUT2D eigenvalue weighted by Gasteiger charge is -2.25. The van der Waals surface area contributed by atoms with Gasteiger partial charge in [-0.1, -0.05) is 103 Å². The fourth-order valence-electron chi connectivity index (χ4n) is 6.57. The van der Waals surface area contributed by atoms with E-state index in [0.29, 0.717) is 32.2 Å². The topological polar surface area (TPSA) is 132 Å². The van der Waals surface area contributed by atoms with E-state index >= 15 is 0 Å². The molecule has 0 spiro atoms. The number of nitrogens with one attached hydrogen (secondary N) is 5. The lowest BCUT2D eigenvalue weighted by molar-refractivity contribution is -0.134. The first-order valence-corrected chi connectivity index (χ1v) is 17.2.